The summed E-state index contributed by atoms with van der Waals surface area (Å²) in [5.74, 6) is 1.33. The van der Waals surface area contributed by atoms with Crippen LogP contribution in [0.1, 0.15) is 6.42 Å². The van der Waals surface area contributed by atoms with E-state index in [1.165, 1.54) is 12.1 Å². The topological polar surface area (TPSA) is 79.3 Å². The molecule has 0 bridgehead atoms. The third-order valence-corrected chi connectivity index (χ3v) is 5.49. The van der Waals surface area contributed by atoms with Gasteiger partial charge in [0.1, 0.15) is 17.2 Å². The highest BCUT2D eigenvalue weighted by Gasteiger charge is 2.24. The summed E-state index contributed by atoms with van der Waals surface area (Å²) in [6, 6.07) is 20.2. The number of amides is 2. The van der Waals surface area contributed by atoms with Crippen LogP contribution in [0.3, 0.4) is 0 Å². The molecule has 0 aliphatic carbocycles. The molecule has 1 fully saturated rings. The van der Waals surface area contributed by atoms with Gasteiger partial charge in [-0.05, 0) is 47.2 Å². The average molecular weight is 434 g/mol. The number of phenols is 1. The van der Waals surface area contributed by atoms with Crippen LogP contribution in [0.4, 0.5) is 0 Å². The number of ether oxygens (including phenoxy) is 2. The highest BCUT2D eigenvalue weighted by atomic mass is 16.5. The molecule has 1 saturated heterocycles. The van der Waals surface area contributed by atoms with Crippen LogP contribution in [-0.4, -0.2) is 66.1 Å². The molecule has 1 heterocycles. The van der Waals surface area contributed by atoms with Gasteiger partial charge in [-0.3, -0.25) is 9.59 Å². The first-order valence-electron chi connectivity index (χ1n) is 10.7. The number of hydrogen-bond acceptors (Lipinski definition) is 5. The van der Waals surface area contributed by atoms with E-state index in [2.05, 4.69) is 0 Å². The summed E-state index contributed by atoms with van der Waals surface area (Å²) in [6.07, 6.45) is 0.296. The zero-order valence-corrected chi connectivity index (χ0v) is 17.8. The predicted octanol–water partition coefficient (Wildman–Crippen LogP) is 3.06. The highest BCUT2D eigenvalue weighted by Crippen LogP contribution is 2.21. The molecule has 0 saturated carbocycles. The fraction of sp³-hybridized carbons (Fsp3) is 0.280. The zero-order valence-electron chi connectivity index (χ0n) is 17.8. The van der Waals surface area contributed by atoms with Gasteiger partial charge in [-0.1, -0.05) is 30.3 Å². The molecule has 0 atom stereocenters. The molecule has 4 rings (SSSR count). The lowest BCUT2D eigenvalue weighted by molar-refractivity contribution is -0.141. The number of rotatable bonds is 7. The molecular formula is C25H26N2O5. The lowest BCUT2D eigenvalue weighted by Gasteiger charge is -2.34. The second kappa shape index (κ2) is 10.0. The van der Waals surface area contributed by atoms with Crippen molar-refractivity contribution < 1.29 is 24.2 Å². The second-order valence-electron chi connectivity index (χ2n) is 7.65. The maximum Gasteiger partial charge on any atom is 0.260 e. The molecule has 1 aliphatic rings. The minimum Gasteiger partial charge on any atom is -0.508 e. The van der Waals surface area contributed by atoms with E-state index in [1.54, 1.807) is 21.9 Å². The smallest absolute Gasteiger partial charge is 0.260 e. The minimum absolute atomic E-state index is 0.0261. The van der Waals surface area contributed by atoms with E-state index >= 15 is 0 Å². The van der Waals surface area contributed by atoms with Gasteiger partial charge in [-0.15, -0.1) is 0 Å². The number of hydrogen-bond donors (Lipinski definition) is 1. The number of aromatic hydroxyl groups is 1. The monoisotopic (exact) mass is 434 g/mol. The summed E-state index contributed by atoms with van der Waals surface area (Å²) < 4.78 is 11.2. The van der Waals surface area contributed by atoms with Crippen molar-refractivity contribution in [1.82, 2.24) is 9.80 Å². The number of piperazine rings is 1. The maximum absolute atomic E-state index is 12.5. The number of benzene rings is 3. The summed E-state index contributed by atoms with van der Waals surface area (Å²) >= 11 is 0. The quantitative estimate of drug-likeness (QED) is 0.618. The van der Waals surface area contributed by atoms with Crippen molar-refractivity contribution in [2.75, 3.05) is 39.4 Å². The van der Waals surface area contributed by atoms with Gasteiger partial charge in [0.15, 0.2) is 6.61 Å². The van der Waals surface area contributed by atoms with Gasteiger partial charge in [0.05, 0.1) is 13.0 Å². The van der Waals surface area contributed by atoms with Crippen molar-refractivity contribution in [2.24, 2.45) is 0 Å². The number of carbonyl (C=O) groups is 2. The zero-order chi connectivity index (χ0) is 22.3. The third kappa shape index (κ3) is 5.49. The average Bonchev–Trinajstić information content (AvgIpc) is 2.83. The van der Waals surface area contributed by atoms with Gasteiger partial charge in [0.2, 0.25) is 5.91 Å². The standard InChI is InChI=1S/C25H26N2O5/c28-21-6-9-22(10-7-21)32-18-25(30)27-14-12-26(13-15-27)24(29)11-16-31-23-8-5-19-3-1-2-4-20(19)17-23/h1-10,17,28H,11-16,18H2. The summed E-state index contributed by atoms with van der Waals surface area (Å²) in [4.78, 5) is 28.4. The minimum atomic E-state index is -0.121. The second-order valence-corrected chi connectivity index (χ2v) is 7.65. The van der Waals surface area contributed by atoms with Crippen LogP contribution in [0.2, 0.25) is 0 Å². The van der Waals surface area contributed by atoms with Gasteiger partial charge in [-0.2, -0.15) is 0 Å². The summed E-state index contributed by atoms with van der Waals surface area (Å²) in [5.41, 5.74) is 0. The molecule has 3 aromatic rings. The molecule has 166 valence electrons. The Morgan fingerprint density at radius 1 is 0.750 bits per heavy atom. The van der Waals surface area contributed by atoms with Gasteiger partial charge >= 0.3 is 0 Å². The van der Waals surface area contributed by atoms with E-state index < -0.39 is 0 Å². The highest BCUT2D eigenvalue weighted by molar-refractivity contribution is 5.83. The van der Waals surface area contributed by atoms with E-state index in [0.29, 0.717) is 45.0 Å². The lowest BCUT2D eigenvalue weighted by Crippen LogP contribution is -2.51. The molecule has 2 amide bonds. The Balaban J connectivity index is 1.17. The predicted molar refractivity (Wildman–Crippen MR) is 121 cm³/mol. The number of phenolic OH excluding ortho intramolecular Hbond substituents is 1. The van der Waals surface area contributed by atoms with Gasteiger partial charge < -0.3 is 24.4 Å². The third-order valence-electron chi connectivity index (χ3n) is 5.49. The van der Waals surface area contributed by atoms with Crippen LogP contribution in [0.25, 0.3) is 10.8 Å². The molecule has 1 aliphatic heterocycles. The van der Waals surface area contributed by atoms with Crippen LogP contribution in [-0.2, 0) is 9.59 Å². The Labute approximate surface area is 186 Å². The molecule has 0 spiro atoms. The Bertz CT molecular complexity index is 1080. The van der Waals surface area contributed by atoms with Crippen molar-refractivity contribution in [1.29, 1.82) is 0 Å². The largest absolute Gasteiger partial charge is 0.508 e. The lowest BCUT2D eigenvalue weighted by atomic mass is 10.1. The molecule has 3 aromatic carbocycles. The van der Waals surface area contributed by atoms with E-state index in [9.17, 15) is 14.7 Å². The van der Waals surface area contributed by atoms with Crippen molar-refractivity contribution in [3.8, 4) is 17.2 Å². The van der Waals surface area contributed by atoms with E-state index in [-0.39, 0.29) is 24.2 Å². The van der Waals surface area contributed by atoms with Gasteiger partial charge in [0, 0.05) is 26.2 Å². The first-order valence-corrected chi connectivity index (χ1v) is 10.7. The molecule has 1 N–H and O–H groups in total. The number of carbonyl (C=O) groups excluding carboxylic acids is 2. The van der Waals surface area contributed by atoms with Crippen molar-refractivity contribution in [2.45, 2.75) is 6.42 Å². The fourth-order valence-corrected chi connectivity index (χ4v) is 3.66. The van der Waals surface area contributed by atoms with Crippen molar-refractivity contribution in [3.05, 3.63) is 66.7 Å². The number of fused-ring (bicyclic) bond motifs is 1. The summed E-state index contributed by atoms with van der Waals surface area (Å²) in [6.45, 7) is 2.21. The molecule has 0 unspecified atom stereocenters. The van der Waals surface area contributed by atoms with Gasteiger partial charge in [-0.25, -0.2) is 0 Å². The molecule has 7 nitrogen and oxygen atoms in total. The van der Waals surface area contributed by atoms with Crippen LogP contribution in [0, 0.1) is 0 Å². The van der Waals surface area contributed by atoms with E-state index in [0.717, 1.165) is 16.5 Å². The maximum atomic E-state index is 12.5. The Kier molecular flexibility index (Phi) is 6.75. The summed E-state index contributed by atoms with van der Waals surface area (Å²) in [7, 11) is 0. The Hall–Kier alpha value is -3.74. The van der Waals surface area contributed by atoms with Crippen LogP contribution < -0.4 is 9.47 Å². The van der Waals surface area contributed by atoms with Crippen molar-refractivity contribution >= 4 is 22.6 Å². The van der Waals surface area contributed by atoms with Crippen LogP contribution in [0.5, 0.6) is 17.2 Å². The Morgan fingerprint density at radius 3 is 2.09 bits per heavy atom. The fourth-order valence-electron chi connectivity index (χ4n) is 3.66. The molecule has 0 radical (unpaired) electrons. The van der Waals surface area contributed by atoms with Crippen LogP contribution in [0.15, 0.2) is 66.7 Å². The van der Waals surface area contributed by atoms with E-state index in [4.69, 9.17) is 9.47 Å². The van der Waals surface area contributed by atoms with Crippen LogP contribution >= 0.6 is 0 Å². The molecule has 7 heteroatoms. The SMILES string of the molecule is O=C(CCOc1ccc2ccccc2c1)N1CCN(C(=O)COc2ccc(O)cc2)CC1. The van der Waals surface area contributed by atoms with Crippen molar-refractivity contribution in [3.63, 3.8) is 0 Å². The molecule has 0 aromatic heterocycles. The first kappa shape index (κ1) is 21.5. The van der Waals surface area contributed by atoms with E-state index in [1.807, 2.05) is 42.5 Å². The molecule has 32 heavy (non-hydrogen) atoms. The molecular weight excluding hydrogens is 408 g/mol. The first-order chi connectivity index (χ1) is 15.6. The van der Waals surface area contributed by atoms with Gasteiger partial charge in [0.25, 0.3) is 5.91 Å². The Morgan fingerprint density at radius 2 is 1.38 bits per heavy atom. The normalized spacial score (nSPS) is 13.8. The number of nitrogens with zero attached hydrogens (tertiary/aromatic N) is 2. The summed E-state index contributed by atoms with van der Waals surface area (Å²) in [5, 5.41) is 11.5.